The first-order chi connectivity index (χ1) is 15.3. The van der Waals surface area contributed by atoms with Crippen molar-refractivity contribution in [2.45, 2.75) is 12.8 Å². The van der Waals surface area contributed by atoms with Gasteiger partial charge in [-0.1, -0.05) is 52.3 Å². The van der Waals surface area contributed by atoms with Gasteiger partial charge in [0.25, 0.3) is 5.91 Å². The number of benzene rings is 3. The van der Waals surface area contributed by atoms with Crippen LogP contribution in [0.5, 0.6) is 5.75 Å². The van der Waals surface area contributed by atoms with Crippen LogP contribution < -0.4 is 10.1 Å². The largest absolute Gasteiger partial charge is 0.488 e. The smallest absolute Gasteiger partial charge is 0.416 e. The molecule has 0 bridgehead atoms. The molecule has 3 aromatic rings. The van der Waals surface area contributed by atoms with Crippen molar-refractivity contribution in [3.05, 3.63) is 99.5 Å². The van der Waals surface area contributed by atoms with Gasteiger partial charge >= 0.3 is 6.18 Å². The second-order valence-electron chi connectivity index (χ2n) is 6.66. The quantitative estimate of drug-likeness (QED) is 0.306. The summed E-state index contributed by atoms with van der Waals surface area (Å²) in [5.74, 6) is -0.371. The fourth-order valence-corrected chi connectivity index (χ4v) is 3.01. The Kier molecular flexibility index (Phi) is 7.33. The van der Waals surface area contributed by atoms with E-state index in [1.807, 2.05) is 24.3 Å². The van der Waals surface area contributed by atoms with Gasteiger partial charge in [0, 0.05) is 15.7 Å². The van der Waals surface area contributed by atoms with E-state index in [-0.39, 0.29) is 17.9 Å². The number of carbonyl (C=O) groups is 1. The van der Waals surface area contributed by atoms with Crippen molar-refractivity contribution in [1.82, 2.24) is 0 Å². The zero-order valence-corrected chi connectivity index (χ0v) is 18.1. The lowest BCUT2D eigenvalue weighted by Crippen LogP contribution is -2.14. The number of rotatable bonds is 6. The van der Waals surface area contributed by atoms with E-state index in [0.717, 1.165) is 22.2 Å². The van der Waals surface area contributed by atoms with E-state index in [1.54, 1.807) is 30.3 Å². The summed E-state index contributed by atoms with van der Waals surface area (Å²) in [4.78, 5) is 12.5. The van der Waals surface area contributed by atoms with E-state index >= 15 is 0 Å². The number of alkyl halides is 3. The molecule has 0 unspecified atom stereocenters. The predicted molar refractivity (Wildman–Crippen MR) is 119 cm³/mol. The maximum atomic E-state index is 12.9. The van der Waals surface area contributed by atoms with E-state index in [9.17, 15) is 23.2 Å². The van der Waals surface area contributed by atoms with Crippen molar-refractivity contribution < 1.29 is 22.7 Å². The summed E-state index contributed by atoms with van der Waals surface area (Å²) in [5, 5.41) is 11.8. The van der Waals surface area contributed by atoms with Crippen molar-refractivity contribution in [2.75, 3.05) is 5.32 Å². The Morgan fingerprint density at radius 3 is 2.47 bits per heavy atom. The number of halogens is 4. The van der Waals surface area contributed by atoms with Crippen molar-refractivity contribution in [3.8, 4) is 11.8 Å². The molecule has 0 aliphatic heterocycles. The van der Waals surface area contributed by atoms with Gasteiger partial charge in [-0.05, 0) is 48.0 Å². The lowest BCUT2D eigenvalue weighted by molar-refractivity contribution is -0.137. The van der Waals surface area contributed by atoms with Crippen LogP contribution in [0, 0.1) is 11.3 Å². The normalized spacial score (nSPS) is 11.5. The Morgan fingerprint density at radius 2 is 1.78 bits per heavy atom. The Bertz CT molecular complexity index is 1180. The second-order valence-corrected chi connectivity index (χ2v) is 7.57. The Balaban J connectivity index is 1.78. The van der Waals surface area contributed by atoms with Crippen LogP contribution in [0.4, 0.5) is 18.9 Å². The van der Waals surface area contributed by atoms with Gasteiger partial charge in [-0.25, -0.2) is 0 Å². The van der Waals surface area contributed by atoms with Gasteiger partial charge in [-0.2, -0.15) is 18.4 Å². The predicted octanol–water partition coefficient (Wildman–Crippen LogP) is 6.59. The molecule has 0 saturated carbocycles. The minimum absolute atomic E-state index is 0.0641. The number of nitrogens with one attached hydrogen (secondary N) is 1. The van der Waals surface area contributed by atoms with E-state index in [4.69, 9.17) is 4.74 Å². The van der Waals surface area contributed by atoms with Gasteiger partial charge in [0.05, 0.1) is 5.56 Å². The van der Waals surface area contributed by atoms with Crippen LogP contribution in [-0.2, 0) is 17.6 Å². The first-order valence-electron chi connectivity index (χ1n) is 9.33. The van der Waals surface area contributed by atoms with Crippen LogP contribution in [0.15, 0.2) is 82.8 Å². The van der Waals surface area contributed by atoms with Gasteiger partial charge in [0.2, 0.25) is 0 Å². The standard InChI is InChI=1S/C24H16BrF3N2O2/c25-20-10-8-16(9-11-20)15-32-22-7-2-1-4-17(22)12-18(14-29)23(31)30-21-6-3-5-19(13-21)24(26,27)28/h1-13H,15H2,(H,30,31)/b18-12+. The molecule has 0 saturated heterocycles. The molecule has 3 rings (SSSR count). The third-order valence-corrected chi connectivity index (χ3v) is 4.87. The fourth-order valence-electron chi connectivity index (χ4n) is 2.75. The Morgan fingerprint density at radius 1 is 1.06 bits per heavy atom. The monoisotopic (exact) mass is 500 g/mol. The summed E-state index contributed by atoms with van der Waals surface area (Å²) in [6.45, 7) is 0.274. The van der Waals surface area contributed by atoms with E-state index in [2.05, 4.69) is 21.2 Å². The number of anilines is 1. The highest BCUT2D eigenvalue weighted by Gasteiger charge is 2.30. The summed E-state index contributed by atoms with van der Waals surface area (Å²) in [5.41, 5.74) is 0.174. The first-order valence-corrected chi connectivity index (χ1v) is 10.1. The molecule has 0 radical (unpaired) electrons. The number of hydrogen-bond donors (Lipinski definition) is 1. The molecule has 0 aromatic heterocycles. The molecule has 0 aliphatic carbocycles. The third kappa shape index (κ3) is 6.22. The minimum Gasteiger partial charge on any atom is -0.488 e. The second kappa shape index (κ2) is 10.2. The molecule has 0 atom stereocenters. The Hall–Kier alpha value is -3.57. The molecule has 1 amide bonds. The van der Waals surface area contributed by atoms with Gasteiger partial charge in [-0.3, -0.25) is 4.79 Å². The molecule has 0 fully saturated rings. The highest BCUT2D eigenvalue weighted by Crippen LogP contribution is 2.31. The number of carbonyl (C=O) groups excluding carboxylic acids is 1. The molecule has 0 spiro atoms. The fraction of sp³-hybridized carbons (Fsp3) is 0.0833. The summed E-state index contributed by atoms with van der Waals surface area (Å²) >= 11 is 3.37. The van der Waals surface area contributed by atoms with Crippen LogP contribution in [-0.4, -0.2) is 5.91 Å². The minimum atomic E-state index is -4.54. The maximum Gasteiger partial charge on any atom is 0.416 e. The van der Waals surface area contributed by atoms with Crippen LogP contribution >= 0.6 is 15.9 Å². The highest BCUT2D eigenvalue weighted by atomic mass is 79.9. The zero-order valence-electron chi connectivity index (χ0n) is 16.5. The molecule has 32 heavy (non-hydrogen) atoms. The molecule has 162 valence electrons. The molecule has 4 nitrogen and oxygen atoms in total. The number of para-hydroxylation sites is 1. The number of hydrogen-bond acceptors (Lipinski definition) is 3. The van der Waals surface area contributed by atoms with E-state index in [1.165, 1.54) is 18.2 Å². The SMILES string of the molecule is N#C/C(=C\c1ccccc1OCc1ccc(Br)cc1)C(=O)Nc1cccc(C(F)(F)F)c1. The van der Waals surface area contributed by atoms with Crippen LogP contribution in [0.2, 0.25) is 0 Å². The van der Waals surface area contributed by atoms with Crippen molar-refractivity contribution in [1.29, 1.82) is 5.26 Å². The molecule has 0 heterocycles. The number of nitrogens with zero attached hydrogens (tertiary/aromatic N) is 1. The van der Waals surface area contributed by atoms with E-state index < -0.39 is 17.6 Å². The summed E-state index contributed by atoms with van der Waals surface area (Å²) < 4.78 is 45.4. The number of ether oxygens (including phenoxy) is 1. The zero-order chi connectivity index (χ0) is 23.1. The first kappa shape index (κ1) is 23.1. The van der Waals surface area contributed by atoms with E-state index in [0.29, 0.717) is 11.3 Å². The van der Waals surface area contributed by atoms with Crippen molar-refractivity contribution in [2.24, 2.45) is 0 Å². The maximum absolute atomic E-state index is 12.9. The van der Waals surface area contributed by atoms with Crippen molar-refractivity contribution >= 4 is 33.6 Å². The molecular weight excluding hydrogens is 485 g/mol. The highest BCUT2D eigenvalue weighted by molar-refractivity contribution is 9.10. The Labute approximate surface area is 191 Å². The number of amides is 1. The lowest BCUT2D eigenvalue weighted by Gasteiger charge is -2.11. The van der Waals surface area contributed by atoms with Gasteiger partial charge in [0.15, 0.2) is 0 Å². The van der Waals surface area contributed by atoms with Crippen LogP contribution in [0.3, 0.4) is 0 Å². The van der Waals surface area contributed by atoms with Crippen LogP contribution in [0.25, 0.3) is 6.08 Å². The van der Waals surface area contributed by atoms with Gasteiger partial charge < -0.3 is 10.1 Å². The third-order valence-electron chi connectivity index (χ3n) is 4.34. The van der Waals surface area contributed by atoms with Gasteiger partial charge in [0.1, 0.15) is 24.0 Å². The average molecular weight is 501 g/mol. The molecule has 8 heteroatoms. The molecule has 0 aliphatic rings. The molecule has 1 N–H and O–H groups in total. The number of nitriles is 1. The summed E-state index contributed by atoms with van der Waals surface area (Å²) in [7, 11) is 0. The van der Waals surface area contributed by atoms with Crippen LogP contribution in [0.1, 0.15) is 16.7 Å². The topological polar surface area (TPSA) is 62.1 Å². The molecule has 3 aromatic carbocycles. The average Bonchev–Trinajstić information content (AvgIpc) is 2.77. The van der Waals surface area contributed by atoms with Gasteiger partial charge in [-0.15, -0.1) is 0 Å². The lowest BCUT2D eigenvalue weighted by atomic mass is 10.1. The summed E-state index contributed by atoms with van der Waals surface area (Å²) in [6, 6.07) is 20.4. The summed E-state index contributed by atoms with van der Waals surface area (Å²) in [6.07, 6.45) is -3.21. The molecular formula is C24H16BrF3N2O2. The van der Waals surface area contributed by atoms with Crippen molar-refractivity contribution in [3.63, 3.8) is 0 Å².